The molecule has 1 N–H and O–H groups in total. The van der Waals surface area contributed by atoms with Gasteiger partial charge in [0.05, 0.1) is 19.3 Å². The summed E-state index contributed by atoms with van der Waals surface area (Å²) in [4.78, 5) is 14.0. The third-order valence-corrected chi connectivity index (χ3v) is 3.22. The van der Waals surface area contributed by atoms with Gasteiger partial charge in [-0.1, -0.05) is 19.8 Å². The van der Waals surface area contributed by atoms with Crippen LogP contribution in [0.25, 0.3) is 0 Å². The van der Waals surface area contributed by atoms with Gasteiger partial charge in [0.25, 0.3) is 0 Å². The molecule has 4 heteroatoms. The van der Waals surface area contributed by atoms with E-state index in [-0.39, 0.29) is 11.9 Å². The van der Waals surface area contributed by atoms with Gasteiger partial charge < -0.3 is 15.0 Å². The van der Waals surface area contributed by atoms with Crippen molar-refractivity contribution in [1.82, 2.24) is 10.2 Å². The first-order valence-corrected chi connectivity index (χ1v) is 6.77. The second-order valence-electron chi connectivity index (χ2n) is 4.87. The van der Waals surface area contributed by atoms with Gasteiger partial charge >= 0.3 is 0 Å². The molecular weight excluding hydrogens is 216 g/mol. The largest absolute Gasteiger partial charge is 0.378 e. The van der Waals surface area contributed by atoms with Gasteiger partial charge in [-0.05, 0) is 20.3 Å². The molecular formula is C13H26N2O2. The molecule has 1 aliphatic heterocycles. The fourth-order valence-corrected chi connectivity index (χ4v) is 2.15. The second-order valence-corrected chi connectivity index (χ2v) is 4.87. The van der Waals surface area contributed by atoms with Crippen LogP contribution in [-0.2, 0) is 9.53 Å². The van der Waals surface area contributed by atoms with E-state index in [0.29, 0.717) is 19.3 Å². The van der Waals surface area contributed by atoms with Crippen LogP contribution in [0.4, 0.5) is 0 Å². The molecule has 1 heterocycles. The van der Waals surface area contributed by atoms with E-state index in [1.807, 2.05) is 11.8 Å². The summed E-state index contributed by atoms with van der Waals surface area (Å²) >= 11 is 0. The number of rotatable bonds is 6. The van der Waals surface area contributed by atoms with Crippen molar-refractivity contribution in [3.63, 3.8) is 0 Å². The highest BCUT2D eigenvalue weighted by Gasteiger charge is 2.22. The molecule has 1 saturated heterocycles. The molecule has 0 aromatic rings. The van der Waals surface area contributed by atoms with E-state index < -0.39 is 0 Å². The molecule has 0 aromatic heterocycles. The molecule has 0 aliphatic carbocycles. The molecule has 0 radical (unpaired) electrons. The Morgan fingerprint density at radius 2 is 2.00 bits per heavy atom. The monoisotopic (exact) mass is 242 g/mol. The standard InChI is InChI=1S/C13H26N2O2/c1-4-5-6-11(2)14-12(3)13(16)15-7-9-17-10-8-15/h11-12,14H,4-10H2,1-3H3. The van der Waals surface area contributed by atoms with E-state index in [2.05, 4.69) is 19.2 Å². The van der Waals surface area contributed by atoms with Crippen LogP contribution in [0.5, 0.6) is 0 Å². The van der Waals surface area contributed by atoms with Crippen molar-refractivity contribution >= 4 is 5.91 Å². The maximum Gasteiger partial charge on any atom is 0.239 e. The first kappa shape index (κ1) is 14.5. The summed E-state index contributed by atoms with van der Waals surface area (Å²) in [6.07, 6.45) is 3.56. The highest BCUT2D eigenvalue weighted by atomic mass is 16.5. The molecule has 100 valence electrons. The zero-order chi connectivity index (χ0) is 12.7. The lowest BCUT2D eigenvalue weighted by Crippen LogP contribution is -2.50. The predicted molar refractivity (Wildman–Crippen MR) is 69.0 cm³/mol. The van der Waals surface area contributed by atoms with Crippen molar-refractivity contribution in [2.45, 2.75) is 52.1 Å². The number of nitrogens with one attached hydrogen (secondary N) is 1. The number of amides is 1. The molecule has 1 aliphatic rings. The summed E-state index contributed by atoms with van der Waals surface area (Å²) in [7, 11) is 0. The van der Waals surface area contributed by atoms with Crippen LogP contribution in [0.15, 0.2) is 0 Å². The average molecular weight is 242 g/mol. The number of nitrogens with zero attached hydrogens (tertiary/aromatic N) is 1. The van der Waals surface area contributed by atoms with Crippen LogP contribution < -0.4 is 5.32 Å². The van der Waals surface area contributed by atoms with Crippen LogP contribution in [0.1, 0.15) is 40.0 Å². The van der Waals surface area contributed by atoms with E-state index in [1.54, 1.807) is 0 Å². The Morgan fingerprint density at radius 3 is 2.59 bits per heavy atom. The van der Waals surface area contributed by atoms with Gasteiger partial charge in [0.15, 0.2) is 0 Å². The molecule has 0 aromatic carbocycles. The van der Waals surface area contributed by atoms with Gasteiger partial charge in [-0.2, -0.15) is 0 Å². The van der Waals surface area contributed by atoms with E-state index in [9.17, 15) is 4.79 Å². The van der Waals surface area contributed by atoms with Crippen LogP contribution >= 0.6 is 0 Å². The van der Waals surface area contributed by atoms with Crippen LogP contribution in [0.2, 0.25) is 0 Å². The molecule has 1 rings (SSSR count). The third kappa shape index (κ3) is 5.04. The molecule has 1 amide bonds. The minimum Gasteiger partial charge on any atom is -0.378 e. The van der Waals surface area contributed by atoms with Gasteiger partial charge in [0.2, 0.25) is 5.91 Å². The smallest absolute Gasteiger partial charge is 0.239 e. The van der Waals surface area contributed by atoms with Gasteiger partial charge in [0.1, 0.15) is 0 Å². The van der Waals surface area contributed by atoms with Crippen molar-refractivity contribution in [2.75, 3.05) is 26.3 Å². The molecule has 0 saturated carbocycles. The normalized spacial score (nSPS) is 20.1. The summed E-state index contributed by atoms with van der Waals surface area (Å²) < 4.78 is 5.25. The number of carbonyl (C=O) groups is 1. The number of morpholine rings is 1. The quantitative estimate of drug-likeness (QED) is 0.765. The Bertz CT molecular complexity index is 227. The lowest BCUT2D eigenvalue weighted by atomic mass is 10.1. The van der Waals surface area contributed by atoms with Gasteiger partial charge in [-0.15, -0.1) is 0 Å². The van der Waals surface area contributed by atoms with E-state index in [1.165, 1.54) is 12.8 Å². The molecule has 17 heavy (non-hydrogen) atoms. The second kappa shape index (κ2) is 7.67. The Kier molecular flexibility index (Phi) is 6.52. The molecule has 0 bridgehead atoms. The molecule has 4 nitrogen and oxygen atoms in total. The highest BCUT2D eigenvalue weighted by Crippen LogP contribution is 2.04. The fourth-order valence-electron chi connectivity index (χ4n) is 2.15. The van der Waals surface area contributed by atoms with E-state index in [4.69, 9.17) is 4.74 Å². The van der Waals surface area contributed by atoms with Crippen molar-refractivity contribution in [3.8, 4) is 0 Å². The predicted octanol–water partition coefficient (Wildman–Crippen LogP) is 1.40. The minimum absolute atomic E-state index is 0.0834. The van der Waals surface area contributed by atoms with Gasteiger partial charge in [0, 0.05) is 19.1 Å². The van der Waals surface area contributed by atoms with Crippen LogP contribution in [0, 0.1) is 0 Å². The molecule has 2 atom stereocenters. The van der Waals surface area contributed by atoms with Crippen molar-refractivity contribution in [1.29, 1.82) is 0 Å². The Morgan fingerprint density at radius 1 is 1.35 bits per heavy atom. The molecule has 2 unspecified atom stereocenters. The number of hydrogen-bond donors (Lipinski definition) is 1. The maximum atomic E-state index is 12.1. The highest BCUT2D eigenvalue weighted by molar-refractivity contribution is 5.81. The lowest BCUT2D eigenvalue weighted by Gasteiger charge is -2.30. The number of hydrogen-bond acceptors (Lipinski definition) is 3. The SMILES string of the molecule is CCCCC(C)NC(C)C(=O)N1CCOCC1. The Hall–Kier alpha value is -0.610. The van der Waals surface area contributed by atoms with Crippen LogP contribution in [0.3, 0.4) is 0 Å². The number of carbonyl (C=O) groups excluding carboxylic acids is 1. The van der Waals surface area contributed by atoms with Crippen molar-refractivity contribution < 1.29 is 9.53 Å². The fraction of sp³-hybridized carbons (Fsp3) is 0.923. The van der Waals surface area contributed by atoms with Gasteiger partial charge in [-0.25, -0.2) is 0 Å². The zero-order valence-electron chi connectivity index (χ0n) is 11.4. The zero-order valence-corrected chi connectivity index (χ0v) is 11.4. The van der Waals surface area contributed by atoms with Crippen molar-refractivity contribution in [2.24, 2.45) is 0 Å². The Balaban J connectivity index is 2.29. The average Bonchev–Trinajstić information content (AvgIpc) is 2.36. The molecule has 1 fully saturated rings. The lowest BCUT2D eigenvalue weighted by molar-refractivity contribution is -0.137. The maximum absolute atomic E-state index is 12.1. The third-order valence-electron chi connectivity index (χ3n) is 3.22. The molecule has 0 spiro atoms. The van der Waals surface area contributed by atoms with Crippen molar-refractivity contribution in [3.05, 3.63) is 0 Å². The van der Waals surface area contributed by atoms with E-state index in [0.717, 1.165) is 19.5 Å². The summed E-state index contributed by atoms with van der Waals surface area (Å²) in [6.45, 7) is 9.10. The Labute approximate surface area is 105 Å². The van der Waals surface area contributed by atoms with Crippen LogP contribution in [-0.4, -0.2) is 49.2 Å². The topological polar surface area (TPSA) is 41.6 Å². The number of unbranched alkanes of at least 4 members (excludes halogenated alkanes) is 1. The van der Waals surface area contributed by atoms with E-state index >= 15 is 0 Å². The summed E-state index contributed by atoms with van der Waals surface area (Å²) in [5.41, 5.74) is 0. The summed E-state index contributed by atoms with van der Waals surface area (Å²) in [6, 6.07) is 0.329. The summed E-state index contributed by atoms with van der Waals surface area (Å²) in [5.74, 6) is 0.205. The first-order valence-electron chi connectivity index (χ1n) is 6.77. The first-order chi connectivity index (χ1) is 8.15. The minimum atomic E-state index is -0.0834. The summed E-state index contributed by atoms with van der Waals surface area (Å²) in [5, 5.41) is 3.38. The van der Waals surface area contributed by atoms with Gasteiger partial charge in [-0.3, -0.25) is 4.79 Å². The number of ether oxygens (including phenoxy) is 1.